The van der Waals surface area contributed by atoms with E-state index < -0.39 is 0 Å². The van der Waals surface area contributed by atoms with Crippen LogP contribution in [-0.2, 0) is 6.54 Å². The van der Waals surface area contributed by atoms with Gasteiger partial charge < -0.3 is 25.1 Å². The number of halogens is 1. The molecule has 8 heteroatoms. The molecule has 0 aliphatic heterocycles. The average Bonchev–Trinajstić information content (AvgIpc) is 3.16. The molecule has 1 amide bonds. The zero-order valence-electron chi connectivity index (χ0n) is 16.7. The molecular weight excluding hydrogens is 471 g/mol. The van der Waals surface area contributed by atoms with Crippen LogP contribution in [0.3, 0.4) is 0 Å². The molecule has 0 saturated carbocycles. The molecule has 1 aromatic carbocycles. The minimum Gasteiger partial charge on any atom is -0.491 e. The van der Waals surface area contributed by atoms with Gasteiger partial charge in [-0.05, 0) is 44.5 Å². The summed E-state index contributed by atoms with van der Waals surface area (Å²) in [6, 6.07) is 9.46. The zero-order chi connectivity index (χ0) is 19.6. The lowest BCUT2D eigenvalue weighted by atomic mass is 10.1. The maximum absolute atomic E-state index is 11.8. The fourth-order valence-electron chi connectivity index (χ4n) is 2.42. The lowest BCUT2D eigenvalue weighted by molar-refractivity contribution is 0.0926. The Morgan fingerprint density at radius 2 is 1.93 bits per heavy atom. The quantitative estimate of drug-likeness (QED) is 0.225. The molecule has 0 fully saturated rings. The molecule has 0 radical (unpaired) electrons. The number of carbonyl (C=O) groups is 1. The van der Waals surface area contributed by atoms with E-state index in [4.69, 9.17) is 9.15 Å². The number of aliphatic imine (C=N–C) groups is 1. The summed E-state index contributed by atoms with van der Waals surface area (Å²) in [6.45, 7) is 7.64. The van der Waals surface area contributed by atoms with Crippen molar-refractivity contribution in [3.8, 4) is 5.75 Å². The van der Waals surface area contributed by atoms with Crippen molar-refractivity contribution in [2.45, 2.75) is 33.4 Å². The number of guanidine groups is 1. The minimum atomic E-state index is -0.236. The van der Waals surface area contributed by atoms with Gasteiger partial charge in [0.15, 0.2) is 11.7 Å². The van der Waals surface area contributed by atoms with Gasteiger partial charge in [0.1, 0.15) is 5.75 Å². The Morgan fingerprint density at radius 1 is 1.18 bits per heavy atom. The van der Waals surface area contributed by atoms with Gasteiger partial charge in [-0.1, -0.05) is 12.1 Å². The second-order valence-electron chi connectivity index (χ2n) is 6.36. The van der Waals surface area contributed by atoms with Crippen molar-refractivity contribution < 1.29 is 13.9 Å². The Morgan fingerprint density at radius 3 is 2.57 bits per heavy atom. The number of aryl methyl sites for hydroxylation is 1. The summed E-state index contributed by atoms with van der Waals surface area (Å²) in [7, 11) is 1.71. The van der Waals surface area contributed by atoms with Crippen molar-refractivity contribution in [3.05, 3.63) is 53.5 Å². The van der Waals surface area contributed by atoms with Crippen molar-refractivity contribution in [2.75, 3.05) is 20.1 Å². The van der Waals surface area contributed by atoms with Gasteiger partial charge in [0, 0.05) is 32.2 Å². The van der Waals surface area contributed by atoms with Crippen molar-refractivity contribution in [2.24, 2.45) is 4.99 Å². The molecule has 0 aliphatic rings. The Balaban J connectivity index is 0.00000392. The normalized spacial score (nSPS) is 11.0. The van der Waals surface area contributed by atoms with E-state index in [1.807, 2.05) is 26.8 Å². The van der Waals surface area contributed by atoms with Gasteiger partial charge >= 0.3 is 0 Å². The number of hydrogen-bond acceptors (Lipinski definition) is 4. The van der Waals surface area contributed by atoms with Crippen molar-refractivity contribution >= 4 is 35.8 Å². The van der Waals surface area contributed by atoms with Crippen molar-refractivity contribution in [1.82, 2.24) is 16.0 Å². The van der Waals surface area contributed by atoms with E-state index in [1.54, 1.807) is 19.2 Å². The number of benzene rings is 1. The highest BCUT2D eigenvalue weighted by Gasteiger charge is 2.09. The van der Waals surface area contributed by atoms with Gasteiger partial charge in [-0.2, -0.15) is 0 Å². The van der Waals surface area contributed by atoms with Crippen LogP contribution in [-0.4, -0.2) is 38.1 Å². The van der Waals surface area contributed by atoms with Crippen LogP contribution in [0.25, 0.3) is 0 Å². The zero-order valence-corrected chi connectivity index (χ0v) is 19.1. The molecule has 0 bridgehead atoms. The first kappa shape index (κ1) is 23.8. The van der Waals surface area contributed by atoms with Crippen molar-refractivity contribution in [1.29, 1.82) is 0 Å². The van der Waals surface area contributed by atoms with Gasteiger partial charge in [0.05, 0.1) is 12.4 Å². The van der Waals surface area contributed by atoms with Gasteiger partial charge in [-0.25, -0.2) is 0 Å². The maximum atomic E-state index is 11.8. The summed E-state index contributed by atoms with van der Waals surface area (Å²) >= 11 is 0. The van der Waals surface area contributed by atoms with Crippen LogP contribution < -0.4 is 20.7 Å². The number of rotatable bonds is 8. The predicted octanol–water partition coefficient (Wildman–Crippen LogP) is 3.09. The molecule has 1 aromatic heterocycles. The summed E-state index contributed by atoms with van der Waals surface area (Å²) in [5.74, 6) is 1.59. The molecule has 0 spiro atoms. The molecule has 1 heterocycles. The summed E-state index contributed by atoms with van der Waals surface area (Å²) in [5.41, 5.74) is 2.22. The van der Waals surface area contributed by atoms with Crippen LogP contribution in [0, 0.1) is 6.92 Å². The molecule has 28 heavy (non-hydrogen) atoms. The highest BCUT2D eigenvalue weighted by Crippen LogP contribution is 2.21. The van der Waals surface area contributed by atoms with E-state index in [2.05, 4.69) is 33.1 Å². The molecule has 154 valence electrons. The second-order valence-corrected chi connectivity index (χ2v) is 6.36. The summed E-state index contributed by atoms with van der Waals surface area (Å²) in [5, 5.41) is 9.20. The highest BCUT2D eigenvalue weighted by molar-refractivity contribution is 14.0. The fourth-order valence-corrected chi connectivity index (χ4v) is 2.42. The maximum Gasteiger partial charge on any atom is 0.287 e. The molecule has 7 nitrogen and oxygen atoms in total. The Labute approximate surface area is 183 Å². The van der Waals surface area contributed by atoms with E-state index in [-0.39, 0.29) is 36.0 Å². The molecular formula is C20H29IN4O3. The minimum absolute atomic E-state index is 0. The number of nitrogens with zero attached hydrogens (tertiary/aromatic N) is 1. The molecule has 2 aromatic rings. The van der Waals surface area contributed by atoms with Crippen LogP contribution >= 0.6 is 24.0 Å². The molecule has 3 N–H and O–H groups in total. The largest absolute Gasteiger partial charge is 0.491 e. The average molecular weight is 500 g/mol. The van der Waals surface area contributed by atoms with E-state index in [9.17, 15) is 4.79 Å². The van der Waals surface area contributed by atoms with Gasteiger partial charge in [0.2, 0.25) is 0 Å². The highest BCUT2D eigenvalue weighted by atomic mass is 127. The first-order chi connectivity index (χ1) is 13.0. The van der Waals surface area contributed by atoms with Crippen molar-refractivity contribution in [3.63, 3.8) is 0 Å². The number of carbonyl (C=O) groups excluding carboxylic acids is 1. The lowest BCUT2D eigenvalue weighted by Crippen LogP contribution is -2.41. The first-order valence-corrected chi connectivity index (χ1v) is 9.02. The molecule has 0 saturated heterocycles. The fraction of sp³-hybridized carbons (Fsp3) is 0.400. The van der Waals surface area contributed by atoms with Gasteiger partial charge in [-0.3, -0.25) is 9.79 Å². The predicted molar refractivity (Wildman–Crippen MR) is 122 cm³/mol. The van der Waals surface area contributed by atoms with Gasteiger partial charge in [-0.15, -0.1) is 24.0 Å². The number of amides is 1. The first-order valence-electron chi connectivity index (χ1n) is 9.02. The third-order valence-corrected chi connectivity index (χ3v) is 3.70. The number of hydrogen-bond donors (Lipinski definition) is 3. The Bertz CT molecular complexity index is 761. The Hall–Kier alpha value is -2.23. The van der Waals surface area contributed by atoms with Gasteiger partial charge in [0.25, 0.3) is 5.91 Å². The topological polar surface area (TPSA) is 87.9 Å². The SMILES string of the molecule is CN=C(NCCNC(=O)c1ccco1)NCc1ccc(C)cc1OC(C)C.I. The van der Waals surface area contributed by atoms with Crippen LogP contribution in [0.2, 0.25) is 0 Å². The summed E-state index contributed by atoms with van der Waals surface area (Å²) < 4.78 is 10.9. The van der Waals surface area contributed by atoms with E-state index in [0.717, 1.165) is 16.9 Å². The monoisotopic (exact) mass is 500 g/mol. The second kappa shape index (κ2) is 12.3. The van der Waals surface area contributed by atoms with Crippen LogP contribution in [0.15, 0.2) is 46.0 Å². The number of ether oxygens (including phenoxy) is 1. The van der Waals surface area contributed by atoms with Crippen LogP contribution in [0.5, 0.6) is 5.75 Å². The smallest absolute Gasteiger partial charge is 0.287 e. The standard InChI is InChI=1S/C20H28N4O3.HI/c1-14(2)27-18-12-15(3)7-8-16(18)13-24-20(21-4)23-10-9-22-19(25)17-6-5-11-26-17;/h5-8,11-12,14H,9-10,13H2,1-4H3,(H,22,25)(H2,21,23,24);1H. The number of nitrogens with one attached hydrogen (secondary N) is 3. The van der Waals surface area contributed by atoms with E-state index in [0.29, 0.717) is 31.4 Å². The molecule has 0 aliphatic carbocycles. The lowest BCUT2D eigenvalue weighted by Gasteiger charge is -2.17. The third kappa shape index (κ3) is 7.79. The van der Waals surface area contributed by atoms with Crippen LogP contribution in [0.4, 0.5) is 0 Å². The van der Waals surface area contributed by atoms with E-state index >= 15 is 0 Å². The Kier molecular flexibility index (Phi) is 10.4. The van der Waals surface area contributed by atoms with E-state index in [1.165, 1.54) is 6.26 Å². The number of furan rings is 1. The summed E-state index contributed by atoms with van der Waals surface area (Å²) in [4.78, 5) is 16.0. The van der Waals surface area contributed by atoms with Crippen LogP contribution in [0.1, 0.15) is 35.5 Å². The summed E-state index contributed by atoms with van der Waals surface area (Å²) in [6.07, 6.45) is 1.59. The molecule has 0 atom stereocenters. The third-order valence-electron chi connectivity index (χ3n) is 3.70. The molecule has 0 unspecified atom stereocenters. The molecule has 2 rings (SSSR count).